The van der Waals surface area contributed by atoms with Gasteiger partial charge in [0.1, 0.15) is 6.54 Å². The number of hydrogen-bond acceptors (Lipinski definition) is 4. The highest BCUT2D eigenvalue weighted by Crippen LogP contribution is 2.18. The van der Waals surface area contributed by atoms with Gasteiger partial charge in [-0.1, -0.05) is 18.2 Å². The van der Waals surface area contributed by atoms with E-state index < -0.39 is 0 Å². The minimum atomic E-state index is -0.159. The highest BCUT2D eigenvalue weighted by Gasteiger charge is 2.27. The third-order valence-corrected chi connectivity index (χ3v) is 4.18. The van der Waals surface area contributed by atoms with Crippen molar-refractivity contribution in [3.63, 3.8) is 0 Å². The molecule has 26 heavy (non-hydrogen) atoms. The van der Waals surface area contributed by atoms with Crippen molar-refractivity contribution in [3.05, 3.63) is 30.3 Å². The zero-order chi connectivity index (χ0) is 18.8. The number of benzene rings is 1. The Morgan fingerprint density at radius 2 is 1.88 bits per heavy atom. The van der Waals surface area contributed by atoms with Crippen molar-refractivity contribution in [2.75, 3.05) is 38.1 Å². The van der Waals surface area contributed by atoms with Gasteiger partial charge in [0, 0.05) is 25.3 Å². The summed E-state index contributed by atoms with van der Waals surface area (Å²) in [4.78, 5) is 30.5. The van der Waals surface area contributed by atoms with Gasteiger partial charge in [-0.05, 0) is 38.8 Å². The Bertz CT molecular complexity index is 610. The van der Waals surface area contributed by atoms with Crippen LogP contribution in [0.5, 0.6) is 0 Å². The van der Waals surface area contributed by atoms with E-state index in [0.29, 0.717) is 12.6 Å². The summed E-state index contributed by atoms with van der Waals surface area (Å²) in [6.07, 6.45) is 1.47. The van der Waals surface area contributed by atoms with E-state index in [-0.39, 0.29) is 24.3 Å². The van der Waals surface area contributed by atoms with Crippen LogP contribution >= 0.6 is 0 Å². The van der Waals surface area contributed by atoms with Crippen molar-refractivity contribution in [2.24, 2.45) is 10.9 Å². The van der Waals surface area contributed by atoms with E-state index in [0.717, 1.165) is 38.2 Å². The molecule has 0 aliphatic carbocycles. The highest BCUT2D eigenvalue weighted by atomic mass is 16.5. The predicted octanol–water partition coefficient (Wildman–Crippen LogP) is 1.87. The van der Waals surface area contributed by atoms with Crippen LogP contribution in [0.4, 0.5) is 5.69 Å². The zero-order valence-corrected chi connectivity index (χ0v) is 15.5. The lowest BCUT2D eigenvalue weighted by Gasteiger charge is -2.33. The average molecular weight is 360 g/mol. The molecule has 0 atom stereocenters. The second-order valence-corrected chi connectivity index (χ2v) is 6.10. The van der Waals surface area contributed by atoms with Gasteiger partial charge < -0.3 is 20.3 Å². The Balaban J connectivity index is 1.88. The molecule has 7 nitrogen and oxygen atoms in total. The van der Waals surface area contributed by atoms with Crippen LogP contribution in [0.25, 0.3) is 0 Å². The molecule has 1 aliphatic heterocycles. The Kier molecular flexibility index (Phi) is 7.92. The Morgan fingerprint density at radius 1 is 1.19 bits per heavy atom. The van der Waals surface area contributed by atoms with E-state index in [1.54, 1.807) is 0 Å². The lowest BCUT2D eigenvalue weighted by atomic mass is 9.97. The molecule has 142 valence electrons. The number of piperidine rings is 1. The summed E-state index contributed by atoms with van der Waals surface area (Å²) in [6, 6.07) is 9.32. The van der Waals surface area contributed by atoms with E-state index >= 15 is 0 Å². The molecule has 0 saturated carbocycles. The summed E-state index contributed by atoms with van der Waals surface area (Å²) in [5.74, 6) is 0.387. The third kappa shape index (κ3) is 6.06. The van der Waals surface area contributed by atoms with E-state index in [9.17, 15) is 9.59 Å². The van der Waals surface area contributed by atoms with Gasteiger partial charge >= 0.3 is 5.97 Å². The molecule has 2 N–H and O–H groups in total. The first-order valence-corrected chi connectivity index (χ1v) is 9.18. The average Bonchev–Trinajstić information content (AvgIpc) is 2.66. The van der Waals surface area contributed by atoms with Gasteiger partial charge in [0.15, 0.2) is 5.96 Å². The minimum Gasteiger partial charge on any atom is -0.466 e. The van der Waals surface area contributed by atoms with E-state index in [2.05, 4.69) is 20.5 Å². The lowest BCUT2D eigenvalue weighted by molar-refractivity contribution is -0.149. The molecule has 0 spiro atoms. The molecule has 1 fully saturated rings. The number of esters is 1. The second kappa shape index (κ2) is 10.4. The second-order valence-electron chi connectivity index (χ2n) is 6.10. The molecule has 1 aromatic carbocycles. The van der Waals surface area contributed by atoms with Crippen LogP contribution in [-0.4, -0.2) is 55.5 Å². The molecular weight excluding hydrogens is 332 g/mol. The molecular formula is C19H28N4O3. The molecule has 1 aliphatic rings. The van der Waals surface area contributed by atoms with Crippen LogP contribution in [0.15, 0.2) is 35.3 Å². The van der Waals surface area contributed by atoms with E-state index in [1.165, 1.54) is 0 Å². The van der Waals surface area contributed by atoms with Gasteiger partial charge in [-0.3, -0.25) is 9.59 Å². The van der Waals surface area contributed by atoms with Crippen molar-refractivity contribution in [1.82, 2.24) is 10.2 Å². The van der Waals surface area contributed by atoms with Crippen LogP contribution < -0.4 is 10.6 Å². The third-order valence-electron chi connectivity index (χ3n) is 4.18. The van der Waals surface area contributed by atoms with Crippen molar-refractivity contribution < 1.29 is 14.3 Å². The van der Waals surface area contributed by atoms with Gasteiger partial charge in [-0.2, -0.15) is 0 Å². The summed E-state index contributed by atoms with van der Waals surface area (Å²) in [5.41, 5.74) is 0.757. The number of ether oxygens (including phenoxy) is 1. The SMILES string of the molecule is CCNC(=NCC(=O)Nc1ccccc1)N1CCC(C(=O)OCC)CC1. The maximum atomic E-state index is 12.1. The van der Waals surface area contributed by atoms with Crippen LogP contribution in [0.3, 0.4) is 0 Å². The number of likely N-dealkylation sites (tertiary alicyclic amines) is 1. The molecule has 0 unspecified atom stereocenters. The number of carbonyl (C=O) groups is 2. The Labute approximate surface area is 154 Å². The fraction of sp³-hybridized carbons (Fsp3) is 0.526. The molecule has 0 aromatic heterocycles. The first-order valence-electron chi connectivity index (χ1n) is 9.18. The van der Waals surface area contributed by atoms with Crippen LogP contribution in [0.2, 0.25) is 0 Å². The number of nitrogens with zero attached hydrogens (tertiary/aromatic N) is 2. The largest absolute Gasteiger partial charge is 0.466 e. The molecule has 1 saturated heterocycles. The summed E-state index contributed by atoms with van der Waals surface area (Å²) < 4.78 is 5.10. The zero-order valence-electron chi connectivity index (χ0n) is 15.5. The number of hydrogen-bond donors (Lipinski definition) is 2. The molecule has 1 amide bonds. The molecule has 1 heterocycles. The lowest BCUT2D eigenvalue weighted by Crippen LogP contribution is -2.47. The number of nitrogens with one attached hydrogen (secondary N) is 2. The predicted molar refractivity (Wildman–Crippen MR) is 102 cm³/mol. The van der Waals surface area contributed by atoms with Gasteiger partial charge in [0.2, 0.25) is 5.91 Å². The summed E-state index contributed by atoms with van der Waals surface area (Å²) >= 11 is 0. The minimum absolute atomic E-state index is 0.0459. The van der Waals surface area contributed by atoms with Crippen molar-refractivity contribution >= 4 is 23.5 Å². The number of para-hydroxylation sites is 1. The molecule has 0 bridgehead atoms. The number of carbonyl (C=O) groups excluding carboxylic acids is 2. The Hall–Kier alpha value is -2.57. The number of rotatable bonds is 6. The quantitative estimate of drug-likeness (QED) is 0.460. The summed E-state index contributed by atoms with van der Waals surface area (Å²) in [6.45, 7) is 6.44. The smallest absolute Gasteiger partial charge is 0.309 e. The van der Waals surface area contributed by atoms with Crippen molar-refractivity contribution in [1.29, 1.82) is 0 Å². The van der Waals surface area contributed by atoms with E-state index in [1.807, 2.05) is 44.2 Å². The molecule has 1 aromatic rings. The number of amides is 1. The van der Waals surface area contributed by atoms with Gasteiger partial charge in [-0.25, -0.2) is 4.99 Å². The number of guanidine groups is 1. The fourth-order valence-corrected chi connectivity index (χ4v) is 2.88. The monoisotopic (exact) mass is 360 g/mol. The maximum absolute atomic E-state index is 12.1. The van der Waals surface area contributed by atoms with Gasteiger partial charge in [0.05, 0.1) is 12.5 Å². The fourth-order valence-electron chi connectivity index (χ4n) is 2.88. The van der Waals surface area contributed by atoms with Crippen molar-refractivity contribution in [2.45, 2.75) is 26.7 Å². The first kappa shape index (κ1) is 19.8. The molecule has 7 heteroatoms. The van der Waals surface area contributed by atoms with Crippen LogP contribution in [-0.2, 0) is 14.3 Å². The van der Waals surface area contributed by atoms with Crippen molar-refractivity contribution in [3.8, 4) is 0 Å². The van der Waals surface area contributed by atoms with E-state index in [4.69, 9.17) is 4.74 Å². The standard InChI is InChI=1S/C19H28N4O3/c1-3-20-19(21-14-17(24)22-16-8-6-5-7-9-16)23-12-10-15(11-13-23)18(25)26-4-2/h5-9,15H,3-4,10-14H2,1-2H3,(H,20,21)(H,22,24). The van der Waals surface area contributed by atoms with Gasteiger partial charge in [0.25, 0.3) is 0 Å². The highest BCUT2D eigenvalue weighted by molar-refractivity contribution is 5.94. The topological polar surface area (TPSA) is 83.0 Å². The Morgan fingerprint density at radius 3 is 2.50 bits per heavy atom. The van der Waals surface area contributed by atoms with Crippen LogP contribution in [0.1, 0.15) is 26.7 Å². The molecule has 2 rings (SSSR count). The maximum Gasteiger partial charge on any atom is 0.309 e. The number of anilines is 1. The summed E-state index contributed by atoms with van der Waals surface area (Å²) in [5, 5.41) is 6.05. The van der Waals surface area contributed by atoms with Gasteiger partial charge in [-0.15, -0.1) is 0 Å². The summed E-state index contributed by atoms with van der Waals surface area (Å²) in [7, 11) is 0. The molecule has 0 radical (unpaired) electrons. The normalized spacial score (nSPS) is 15.5. The first-order chi connectivity index (χ1) is 12.6. The number of aliphatic imine (C=N–C) groups is 1. The van der Waals surface area contributed by atoms with Crippen LogP contribution in [0, 0.1) is 5.92 Å².